The van der Waals surface area contributed by atoms with E-state index in [-0.39, 0.29) is 18.1 Å². The van der Waals surface area contributed by atoms with Gasteiger partial charge in [-0.05, 0) is 19.4 Å². The number of aromatic nitrogens is 2. The average Bonchev–Trinajstić information content (AvgIpc) is 3.11. The summed E-state index contributed by atoms with van der Waals surface area (Å²) >= 11 is 0. The number of guanidine groups is 1. The van der Waals surface area contributed by atoms with Gasteiger partial charge in [-0.15, -0.1) is 0 Å². The van der Waals surface area contributed by atoms with E-state index in [0.717, 1.165) is 4.57 Å². The molecule has 2 aliphatic heterocycles. The number of fused-ring (bicyclic) bond motifs is 3. The fourth-order valence-corrected chi connectivity index (χ4v) is 3.48. The quantitative estimate of drug-likeness (QED) is 0.809. The van der Waals surface area contributed by atoms with Gasteiger partial charge in [0.05, 0.1) is 12.1 Å². The van der Waals surface area contributed by atoms with Crippen molar-refractivity contribution in [1.82, 2.24) is 14.5 Å². The zero-order valence-corrected chi connectivity index (χ0v) is 15.1. The summed E-state index contributed by atoms with van der Waals surface area (Å²) in [5.74, 6) is -1.28. The van der Waals surface area contributed by atoms with Gasteiger partial charge < -0.3 is 4.57 Å². The summed E-state index contributed by atoms with van der Waals surface area (Å²) in [7, 11) is 1.52. The summed E-state index contributed by atoms with van der Waals surface area (Å²) < 4.78 is 42.1. The van der Waals surface area contributed by atoms with Crippen LogP contribution in [-0.2, 0) is 12.7 Å². The summed E-state index contributed by atoms with van der Waals surface area (Å²) in [6.45, 7) is 3.98. The SMILES string of the molecule is CN1C(=O)c2c(nc(C(F)(F)F)n2Cc2ccccc2)N2CC(C)(C)N=C12. The van der Waals surface area contributed by atoms with Gasteiger partial charge >= 0.3 is 6.18 Å². The van der Waals surface area contributed by atoms with E-state index in [2.05, 4.69) is 9.98 Å². The Morgan fingerprint density at radius 1 is 1.19 bits per heavy atom. The molecule has 1 amide bonds. The summed E-state index contributed by atoms with van der Waals surface area (Å²) in [5, 5.41) is 0. The van der Waals surface area contributed by atoms with Crippen molar-refractivity contribution in [2.75, 3.05) is 18.5 Å². The maximum absolute atomic E-state index is 13.7. The van der Waals surface area contributed by atoms with E-state index in [1.807, 2.05) is 13.8 Å². The molecule has 0 unspecified atom stereocenters. The third-order valence-corrected chi connectivity index (χ3v) is 4.64. The Hall–Kier alpha value is -2.84. The average molecular weight is 377 g/mol. The Labute approximate surface area is 153 Å². The van der Waals surface area contributed by atoms with Crippen LogP contribution in [0.2, 0.25) is 0 Å². The minimum absolute atomic E-state index is 0.0191. The molecule has 2 aromatic rings. The van der Waals surface area contributed by atoms with Crippen LogP contribution >= 0.6 is 0 Å². The highest BCUT2D eigenvalue weighted by molar-refractivity contribution is 6.18. The first-order valence-corrected chi connectivity index (χ1v) is 8.45. The minimum Gasteiger partial charge on any atom is -0.310 e. The van der Waals surface area contributed by atoms with E-state index in [1.165, 1.54) is 11.9 Å². The number of hydrogen-bond donors (Lipinski definition) is 0. The summed E-state index contributed by atoms with van der Waals surface area (Å²) in [6, 6.07) is 8.71. The number of rotatable bonds is 2. The Kier molecular flexibility index (Phi) is 3.63. The predicted octanol–water partition coefficient (Wildman–Crippen LogP) is 2.99. The predicted molar refractivity (Wildman–Crippen MR) is 93.7 cm³/mol. The van der Waals surface area contributed by atoms with Crippen LogP contribution in [0.3, 0.4) is 0 Å². The van der Waals surface area contributed by atoms with E-state index in [4.69, 9.17) is 0 Å². The van der Waals surface area contributed by atoms with Crippen LogP contribution in [0.25, 0.3) is 0 Å². The van der Waals surface area contributed by atoms with E-state index < -0.39 is 23.4 Å². The molecule has 3 heterocycles. The number of alkyl halides is 3. The third kappa shape index (κ3) is 2.77. The standard InChI is InChI=1S/C18H18F3N5O/c1-17(2)10-26-13-12(14(27)24(3)16(26)23-17)25(15(22-13)18(19,20)21)9-11-7-5-4-6-8-11/h4-8H,9-10H2,1-3H3. The summed E-state index contributed by atoms with van der Waals surface area (Å²) in [6.07, 6.45) is -4.68. The highest BCUT2D eigenvalue weighted by Crippen LogP contribution is 2.39. The van der Waals surface area contributed by atoms with E-state index in [1.54, 1.807) is 35.2 Å². The van der Waals surface area contributed by atoms with Crippen molar-refractivity contribution < 1.29 is 18.0 Å². The van der Waals surface area contributed by atoms with Gasteiger partial charge in [-0.2, -0.15) is 13.2 Å². The van der Waals surface area contributed by atoms with Crippen LogP contribution in [0.4, 0.5) is 19.0 Å². The number of carbonyl (C=O) groups excluding carboxylic acids is 1. The topological polar surface area (TPSA) is 53.7 Å². The molecule has 0 bridgehead atoms. The molecule has 0 aliphatic carbocycles. The third-order valence-electron chi connectivity index (χ3n) is 4.64. The lowest BCUT2D eigenvalue weighted by Crippen LogP contribution is -2.49. The maximum atomic E-state index is 13.7. The maximum Gasteiger partial charge on any atom is 0.449 e. The molecule has 1 aromatic carbocycles. The molecular formula is C18H18F3N5O. The van der Waals surface area contributed by atoms with Gasteiger partial charge in [0, 0.05) is 13.6 Å². The van der Waals surface area contributed by atoms with Crippen LogP contribution in [0.15, 0.2) is 35.3 Å². The number of carbonyl (C=O) groups is 1. The molecule has 0 fully saturated rings. The van der Waals surface area contributed by atoms with Crippen LogP contribution in [0.1, 0.15) is 35.7 Å². The molecule has 0 spiro atoms. The van der Waals surface area contributed by atoms with Gasteiger partial charge in [0.2, 0.25) is 11.8 Å². The van der Waals surface area contributed by atoms with E-state index >= 15 is 0 Å². The highest BCUT2D eigenvalue weighted by Gasteiger charge is 2.48. The fourth-order valence-electron chi connectivity index (χ4n) is 3.48. The first-order valence-electron chi connectivity index (χ1n) is 8.45. The van der Waals surface area contributed by atoms with Gasteiger partial charge in [0.15, 0.2) is 11.5 Å². The zero-order valence-electron chi connectivity index (χ0n) is 15.1. The number of aliphatic imine (C=N–C) groups is 1. The number of benzene rings is 1. The number of halogens is 3. The lowest BCUT2D eigenvalue weighted by atomic mass is 10.1. The smallest absolute Gasteiger partial charge is 0.310 e. The van der Waals surface area contributed by atoms with Crippen LogP contribution in [0.5, 0.6) is 0 Å². The van der Waals surface area contributed by atoms with Crippen LogP contribution < -0.4 is 4.90 Å². The van der Waals surface area contributed by atoms with Gasteiger partial charge in [-0.25, -0.2) is 9.98 Å². The van der Waals surface area contributed by atoms with Crippen LogP contribution in [0, 0.1) is 0 Å². The number of imidazole rings is 1. The molecule has 0 saturated carbocycles. The second-order valence-corrected chi connectivity index (χ2v) is 7.35. The monoisotopic (exact) mass is 377 g/mol. The molecule has 2 aliphatic rings. The Bertz CT molecular complexity index is 946. The number of hydrogen-bond acceptors (Lipinski definition) is 4. The molecule has 0 N–H and O–H groups in total. The molecule has 1 aromatic heterocycles. The van der Waals surface area contributed by atoms with E-state index in [0.29, 0.717) is 18.1 Å². The van der Waals surface area contributed by atoms with E-state index in [9.17, 15) is 18.0 Å². The van der Waals surface area contributed by atoms with Gasteiger partial charge in [-0.1, -0.05) is 30.3 Å². The number of nitrogens with zero attached hydrogens (tertiary/aromatic N) is 5. The Morgan fingerprint density at radius 2 is 1.85 bits per heavy atom. The largest absolute Gasteiger partial charge is 0.449 e. The lowest BCUT2D eigenvalue weighted by molar-refractivity contribution is -0.147. The van der Waals surface area contributed by atoms with Crippen molar-refractivity contribution in [3.8, 4) is 0 Å². The molecule has 4 rings (SSSR count). The van der Waals surface area contributed by atoms with Crippen molar-refractivity contribution in [2.24, 2.45) is 4.99 Å². The fraction of sp³-hybridized carbons (Fsp3) is 0.389. The molecular weight excluding hydrogens is 359 g/mol. The molecule has 9 heteroatoms. The van der Waals surface area contributed by atoms with Crippen molar-refractivity contribution >= 4 is 17.7 Å². The Morgan fingerprint density at radius 3 is 2.48 bits per heavy atom. The van der Waals surface area contributed by atoms with Crippen molar-refractivity contribution in [3.63, 3.8) is 0 Å². The molecule has 142 valence electrons. The molecule has 0 radical (unpaired) electrons. The molecule has 27 heavy (non-hydrogen) atoms. The minimum atomic E-state index is -4.68. The van der Waals surface area contributed by atoms with Gasteiger partial charge in [0.25, 0.3) is 5.91 Å². The first-order chi connectivity index (χ1) is 12.6. The second-order valence-electron chi connectivity index (χ2n) is 7.35. The van der Waals surface area contributed by atoms with Crippen LogP contribution in [-0.4, -0.2) is 45.4 Å². The number of anilines is 1. The van der Waals surface area contributed by atoms with Crippen molar-refractivity contribution in [1.29, 1.82) is 0 Å². The zero-order chi connectivity index (χ0) is 19.6. The second kappa shape index (κ2) is 5.58. The van der Waals surface area contributed by atoms with Crippen molar-refractivity contribution in [2.45, 2.75) is 32.1 Å². The lowest BCUT2D eigenvalue weighted by Gasteiger charge is -2.31. The number of amides is 1. The highest BCUT2D eigenvalue weighted by atomic mass is 19.4. The molecule has 6 nitrogen and oxygen atoms in total. The summed E-state index contributed by atoms with van der Waals surface area (Å²) in [4.78, 5) is 24.1. The van der Waals surface area contributed by atoms with Gasteiger partial charge in [0.1, 0.15) is 0 Å². The van der Waals surface area contributed by atoms with Crippen molar-refractivity contribution in [3.05, 3.63) is 47.4 Å². The first kappa shape index (κ1) is 17.6. The Balaban J connectivity index is 1.91. The van der Waals surface area contributed by atoms with Gasteiger partial charge in [-0.3, -0.25) is 14.6 Å². The molecule has 0 atom stereocenters. The molecule has 0 saturated heterocycles. The normalized spacial score (nSPS) is 18.4. The summed E-state index contributed by atoms with van der Waals surface area (Å²) in [5.41, 5.74) is 0.0674.